The monoisotopic (exact) mass is 367 g/mol. The number of nitrogens with one attached hydrogen (secondary N) is 1. The zero-order valence-electron chi connectivity index (χ0n) is 14.3. The third-order valence-corrected chi connectivity index (χ3v) is 4.49. The van der Waals surface area contributed by atoms with E-state index in [1.807, 2.05) is 54.6 Å². The molecular formula is C19H17N3O3S. The Bertz CT molecular complexity index is 923. The van der Waals surface area contributed by atoms with Gasteiger partial charge in [-0.15, -0.1) is 0 Å². The van der Waals surface area contributed by atoms with Gasteiger partial charge in [-0.2, -0.15) is 5.10 Å². The summed E-state index contributed by atoms with van der Waals surface area (Å²) in [4.78, 5) is 17.0. The number of benzene rings is 2. The van der Waals surface area contributed by atoms with Crippen LogP contribution < -0.4 is 10.2 Å². The zero-order valence-corrected chi connectivity index (χ0v) is 15.1. The van der Waals surface area contributed by atoms with E-state index >= 15 is 0 Å². The van der Waals surface area contributed by atoms with Gasteiger partial charge < -0.3 is 9.47 Å². The maximum absolute atomic E-state index is 12.1. The van der Waals surface area contributed by atoms with Crippen LogP contribution in [0.25, 0.3) is 11.3 Å². The standard InChI is InChI=1S/C19H17N3O3S/c1-24-15-11-7-6-10-14(15)12-20-22-19-21-16(13-8-4-3-5-9-13)17(26-19)18(23)25-2/h3-12H,1-2H3,(H,21,22)/b20-12-. The van der Waals surface area contributed by atoms with E-state index < -0.39 is 5.97 Å². The van der Waals surface area contributed by atoms with E-state index in [1.54, 1.807) is 13.3 Å². The van der Waals surface area contributed by atoms with Crippen molar-refractivity contribution in [2.75, 3.05) is 19.6 Å². The zero-order chi connectivity index (χ0) is 18.4. The van der Waals surface area contributed by atoms with Gasteiger partial charge in [0.05, 0.1) is 26.1 Å². The molecule has 0 aliphatic heterocycles. The fourth-order valence-corrected chi connectivity index (χ4v) is 3.18. The van der Waals surface area contributed by atoms with Crippen molar-refractivity contribution >= 4 is 28.7 Å². The number of anilines is 1. The highest BCUT2D eigenvalue weighted by atomic mass is 32.1. The van der Waals surface area contributed by atoms with E-state index in [1.165, 1.54) is 18.4 Å². The summed E-state index contributed by atoms with van der Waals surface area (Å²) in [7, 11) is 2.96. The van der Waals surface area contributed by atoms with Gasteiger partial charge in [-0.05, 0) is 12.1 Å². The molecule has 3 aromatic rings. The Morgan fingerprint density at radius 3 is 2.58 bits per heavy atom. The molecule has 0 spiro atoms. The van der Waals surface area contributed by atoms with E-state index in [9.17, 15) is 4.79 Å². The normalized spacial score (nSPS) is 10.7. The minimum Gasteiger partial charge on any atom is -0.496 e. The van der Waals surface area contributed by atoms with Gasteiger partial charge >= 0.3 is 5.97 Å². The van der Waals surface area contributed by atoms with Crippen LogP contribution in [0.15, 0.2) is 59.7 Å². The molecule has 0 aliphatic rings. The summed E-state index contributed by atoms with van der Waals surface area (Å²) in [5, 5.41) is 4.69. The lowest BCUT2D eigenvalue weighted by molar-refractivity contribution is 0.0607. The number of thiazole rings is 1. The van der Waals surface area contributed by atoms with E-state index in [0.29, 0.717) is 15.7 Å². The van der Waals surface area contributed by atoms with E-state index in [0.717, 1.165) is 16.9 Å². The smallest absolute Gasteiger partial charge is 0.350 e. The second-order valence-electron chi connectivity index (χ2n) is 5.17. The Labute approximate surface area is 155 Å². The van der Waals surface area contributed by atoms with Crippen LogP contribution in [0.5, 0.6) is 5.75 Å². The highest BCUT2D eigenvalue weighted by Gasteiger charge is 2.19. The summed E-state index contributed by atoms with van der Waals surface area (Å²) in [5.41, 5.74) is 5.10. The predicted octanol–water partition coefficient (Wildman–Crippen LogP) is 4.05. The number of hydrazone groups is 1. The summed E-state index contributed by atoms with van der Waals surface area (Å²) in [5.74, 6) is 0.292. The van der Waals surface area contributed by atoms with Crippen molar-refractivity contribution in [1.82, 2.24) is 4.98 Å². The van der Waals surface area contributed by atoms with Gasteiger partial charge in [0.2, 0.25) is 5.13 Å². The molecule has 1 N–H and O–H groups in total. The second kappa shape index (κ2) is 8.26. The Morgan fingerprint density at radius 1 is 1.12 bits per heavy atom. The van der Waals surface area contributed by atoms with Crippen molar-refractivity contribution in [3.63, 3.8) is 0 Å². The van der Waals surface area contributed by atoms with Gasteiger partial charge in [0.15, 0.2) is 0 Å². The maximum Gasteiger partial charge on any atom is 0.350 e. The molecule has 0 unspecified atom stereocenters. The first kappa shape index (κ1) is 17.6. The SMILES string of the molecule is COC(=O)c1sc(N/N=C\c2ccccc2OC)nc1-c1ccccc1. The average Bonchev–Trinajstić information content (AvgIpc) is 3.12. The van der Waals surface area contributed by atoms with Crippen molar-refractivity contribution < 1.29 is 14.3 Å². The van der Waals surface area contributed by atoms with Gasteiger partial charge in [-0.1, -0.05) is 53.8 Å². The number of methoxy groups -OCH3 is 2. The number of hydrogen-bond donors (Lipinski definition) is 1. The first-order valence-electron chi connectivity index (χ1n) is 7.79. The Morgan fingerprint density at radius 2 is 1.85 bits per heavy atom. The first-order chi connectivity index (χ1) is 12.7. The van der Waals surface area contributed by atoms with Crippen LogP contribution in [0.1, 0.15) is 15.2 Å². The lowest BCUT2D eigenvalue weighted by Crippen LogP contribution is -2.00. The molecule has 6 nitrogen and oxygen atoms in total. The molecule has 0 amide bonds. The number of hydrogen-bond acceptors (Lipinski definition) is 7. The molecule has 1 aromatic heterocycles. The number of carbonyl (C=O) groups is 1. The molecule has 0 fully saturated rings. The van der Waals surface area contributed by atoms with E-state index in [-0.39, 0.29) is 0 Å². The van der Waals surface area contributed by atoms with Crippen LogP contribution in [-0.4, -0.2) is 31.4 Å². The number of carbonyl (C=O) groups excluding carboxylic acids is 1. The second-order valence-corrected chi connectivity index (χ2v) is 6.17. The number of nitrogens with zero attached hydrogens (tertiary/aromatic N) is 2. The van der Waals surface area contributed by atoms with Crippen LogP contribution in [-0.2, 0) is 4.74 Å². The number of aromatic nitrogens is 1. The fraction of sp³-hybridized carbons (Fsp3) is 0.105. The van der Waals surface area contributed by atoms with Crippen LogP contribution >= 0.6 is 11.3 Å². The highest BCUT2D eigenvalue weighted by molar-refractivity contribution is 7.17. The molecule has 26 heavy (non-hydrogen) atoms. The molecule has 132 valence electrons. The summed E-state index contributed by atoms with van der Waals surface area (Å²) < 4.78 is 10.1. The van der Waals surface area contributed by atoms with Crippen molar-refractivity contribution in [2.24, 2.45) is 5.10 Å². The summed E-state index contributed by atoms with van der Waals surface area (Å²) in [6, 6.07) is 17.0. The van der Waals surface area contributed by atoms with Crippen LogP contribution in [0.3, 0.4) is 0 Å². The minimum absolute atomic E-state index is 0.425. The Hall–Kier alpha value is -3.19. The highest BCUT2D eigenvalue weighted by Crippen LogP contribution is 2.31. The van der Waals surface area contributed by atoms with E-state index in [2.05, 4.69) is 15.5 Å². The molecule has 7 heteroatoms. The van der Waals surface area contributed by atoms with Crippen molar-refractivity contribution in [1.29, 1.82) is 0 Å². The largest absolute Gasteiger partial charge is 0.496 e. The lowest BCUT2D eigenvalue weighted by atomic mass is 10.1. The van der Waals surface area contributed by atoms with Gasteiger partial charge in [0, 0.05) is 11.1 Å². The number of para-hydroxylation sites is 1. The molecule has 2 aromatic carbocycles. The van der Waals surface area contributed by atoms with Gasteiger partial charge in [-0.25, -0.2) is 9.78 Å². The predicted molar refractivity (Wildman–Crippen MR) is 103 cm³/mol. The Balaban J connectivity index is 1.86. The van der Waals surface area contributed by atoms with Gasteiger partial charge in [-0.3, -0.25) is 5.43 Å². The van der Waals surface area contributed by atoms with E-state index in [4.69, 9.17) is 9.47 Å². The third kappa shape index (κ3) is 3.89. The quantitative estimate of drug-likeness (QED) is 0.404. The molecule has 1 heterocycles. The van der Waals surface area contributed by atoms with Crippen molar-refractivity contribution in [3.8, 4) is 17.0 Å². The summed E-state index contributed by atoms with van der Waals surface area (Å²) in [6.07, 6.45) is 1.64. The Kier molecular flexibility index (Phi) is 5.60. The topological polar surface area (TPSA) is 72.8 Å². The molecule has 0 saturated carbocycles. The van der Waals surface area contributed by atoms with Crippen LogP contribution in [0.4, 0.5) is 5.13 Å². The third-order valence-electron chi connectivity index (χ3n) is 3.55. The lowest BCUT2D eigenvalue weighted by Gasteiger charge is -2.02. The van der Waals surface area contributed by atoms with Crippen LogP contribution in [0.2, 0.25) is 0 Å². The molecule has 0 radical (unpaired) electrons. The fourth-order valence-electron chi connectivity index (χ4n) is 2.32. The minimum atomic E-state index is -0.428. The maximum atomic E-state index is 12.1. The molecule has 3 rings (SSSR count). The molecule has 0 saturated heterocycles. The number of rotatable bonds is 6. The molecule has 0 aliphatic carbocycles. The summed E-state index contributed by atoms with van der Waals surface area (Å²) in [6.45, 7) is 0. The average molecular weight is 367 g/mol. The van der Waals surface area contributed by atoms with Crippen LogP contribution in [0, 0.1) is 0 Å². The number of esters is 1. The summed E-state index contributed by atoms with van der Waals surface area (Å²) >= 11 is 1.19. The molecule has 0 atom stereocenters. The first-order valence-corrected chi connectivity index (χ1v) is 8.61. The number of ether oxygens (including phenoxy) is 2. The molecular weight excluding hydrogens is 350 g/mol. The van der Waals surface area contributed by atoms with Gasteiger partial charge in [0.1, 0.15) is 10.6 Å². The molecule has 0 bridgehead atoms. The van der Waals surface area contributed by atoms with Crippen molar-refractivity contribution in [2.45, 2.75) is 0 Å². The van der Waals surface area contributed by atoms with Crippen molar-refractivity contribution in [3.05, 3.63) is 65.0 Å². The van der Waals surface area contributed by atoms with Gasteiger partial charge in [0.25, 0.3) is 0 Å².